The first kappa shape index (κ1) is 19.2. The van der Waals surface area contributed by atoms with Crippen LogP contribution in [0.3, 0.4) is 0 Å². The monoisotopic (exact) mass is 428 g/mol. The maximum Gasteiger partial charge on any atom is 0.263 e. The lowest BCUT2D eigenvalue weighted by Gasteiger charge is -2.08. The van der Waals surface area contributed by atoms with Crippen molar-refractivity contribution in [3.63, 3.8) is 0 Å². The molecule has 11 heteroatoms. The smallest absolute Gasteiger partial charge is 0.263 e. The third-order valence-electron chi connectivity index (χ3n) is 4.07. The molecule has 0 saturated carbocycles. The molecule has 4 rings (SSSR count). The molecule has 0 radical (unpaired) electrons. The Hall–Kier alpha value is -3.15. The average Bonchev–Trinajstić information content (AvgIpc) is 3.40. The molecular weight excluding hydrogens is 412 g/mol. The summed E-state index contributed by atoms with van der Waals surface area (Å²) in [4.78, 5) is 13.7. The number of nitrogens with zero attached hydrogens (tertiary/aromatic N) is 4. The number of rotatable bonds is 7. The van der Waals surface area contributed by atoms with E-state index in [1.165, 1.54) is 29.8 Å². The van der Waals surface area contributed by atoms with Gasteiger partial charge in [0, 0.05) is 12.7 Å². The van der Waals surface area contributed by atoms with Crippen LogP contribution in [0.15, 0.2) is 63.7 Å². The second-order valence-electron chi connectivity index (χ2n) is 6.05. The molecule has 0 saturated heterocycles. The normalized spacial score (nSPS) is 11.5. The Morgan fingerprint density at radius 1 is 1.17 bits per heavy atom. The molecule has 0 spiro atoms. The van der Waals surface area contributed by atoms with Gasteiger partial charge in [-0.05, 0) is 35.6 Å². The number of nitrogens with two attached hydrogens (primary N) is 1. The van der Waals surface area contributed by atoms with Gasteiger partial charge in [-0.3, -0.25) is 0 Å². The first-order valence-corrected chi connectivity index (χ1v) is 11.0. The van der Waals surface area contributed by atoms with Gasteiger partial charge in [-0.1, -0.05) is 23.4 Å². The van der Waals surface area contributed by atoms with E-state index in [9.17, 15) is 8.42 Å². The zero-order valence-electron chi connectivity index (χ0n) is 15.0. The summed E-state index contributed by atoms with van der Waals surface area (Å²) in [6.45, 7) is 0.560. The van der Waals surface area contributed by atoms with E-state index in [0.29, 0.717) is 36.1 Å². The molecule has 0 aliphatic carbocycles. The van der Waals surface area contributed by atoms with Crippen LogP contribution in [0.5, 0.6) is 0 Å². The molecule has 0 aliphatic rings. The highest BCUT2D eigenvalue weighted by Gasteiger charge is 2.16. The van der Waals surface area contributed by atoms with Crippen molar-refractivity contribution < 1.29 is 12.9 Å². The standard InChI is InChI=1S/C18H16N6O3S2/c19-29(25,26)13-5-3-12(4-6-13)7-8-21-16-14(10-20-11-22-16)18-23-17(24-27-18)15-2-1-9-28-15/h1-6,9-11H,7-8H2,(H2,19,25,26)(H,20,21,22). The van der Waals surface area contributed by atoms with Gasteiger partial charge in [0.05, 0.1) is 9.77 Å². The van der Waals surface area contributed by atoms with E-state index < -0.39 is 10.0 Å². The van der Waals surface area contributed by atoms with Crippen LogP contribution in [0.25, 0.3) is 22.2 Å². The van der Waals surface area contributed by atoms with Crippen LogP contribution in [-0.2, 0) is 16.4 Å². The minimum Gasteiger partial charge on any atom is -0.369 e. The summed E-state index contributed by atoms with van der Waals surface area (Å²) in [5.41, 5.74) is 1.56. The Labute approximate surface area is 170 Å². The number of hydrogen-bond donors (Lipinski definition) is 2. The second-order valence-corrected chi connectivity index (χ2v) is 8.56. The lowest BCUT2D eigenvalue weighted by molar-refractivity contribution is 0.432. The van der Waals surface area contributed by atoms with Gasteiger partial charge >= 0.3 is 0 Å². The van der Waals surface area contributed by atoms with E-state index in [0.717, 1.165) is 10.4 Å². The highest BCUT2D eigenvalue weighted by atomic mass is 32.2. The SMILES string of the molecule is NS(=O)(=O)c1ccc(CCNc2ncncc2-c2nc(-c3cccs3)no2)cc1. The van der Waals surface area contributed by atoms with E-state index in [2.05, 4.69) is 25.4 Å². The summed E-state index contributed by atoms with van der Waals surface area (Å²) in [6.07, 6.45) is 3.70. The number of nitrogens with one attached hydrogen (secondary N) is 1. The summed E-state index contributed by atoms with van der Waals surface area (Å²) in [6, 6.07) is 10.3. The third-order valence-corrected chi connectivity index (χ3v) is 5.86. The zero-order chi connectivity index (χ0) is 20.3. The Morgan fingerprint density at radius 3 is 2.72 bits per heavy atom. The fourth-order valence-corrected chi connectivity index (χ4v) is 3.80. The van der Waals surface area contributed by atoms with Crippen molar-refractivity contribution in [1.82, 2.24) is 20.1 Å². The molecule has 1 aromatic carbocycles. The summed E-state index contributed by atoms with van der Waals surface area (Å²) >= 11 is 1.53. The summed E-state index contributed by atoms with van der Waals surface area (Å²) in [5.74, 6) is 1.41. The van der Waals surface area contributed by atoms with Gasteiger partial charge in [0.1, 0.15) is 17.7 Å². The van der Waals surface area contributed by atoms with E-state index in [-0.39, 0.29) is 4.90 Å². The average molecular weight is 428 g/mol. The molecule has 0 atom stereocenters. The summed E-state index contributed by atoms with van der Waals surface area (Å²) < 4.78 is 28.0. The van der Waals surface area contributed by atoms with E-state index >= 15 is 0 Å². The third kappa shape index (κ3) is 4.47. The number of hydrogen-bond acceptors (Lipinski definition) is 9. The van der Waals surface area contributed by atoms with Gasteiger partial charge in [-0.2, -0.15) is 4.98 Å². The van der Waals surface area contributed by atoms with Crippen LogP contribution in [0, 0.1) is 0 Å². The fraction of sp³-hybridized carbons (Fsp3) is 0.111. The highest BCUT2D eigenvalue weighted by molar-refractivity contribution is 7.89. The highest BCUT2D eigenvalue weighted by Crippen LogP contribution is 2.28. The number of anilines is 1. The predicted octanol–water partition coefficient (Wildman–Crippen LogP) is 2.56. The van der Waals surface area contributed by atoms with Crippen LogP contribution in [0.1, 0.15) is 5.56 Å². The van der Waals surface area contributed by atoms with Crippen LogP contribution in [0.4, 0.5) is 5.82 Å². The lowest BCUT2D eigenvalue weighted by atomic mass is 10.1. The van der Waals surface area contributed by atoms with Crippen molar-refractivity contribution in [2.24, 2.45) is 5.14 Å². The predicted molar refractivity (Wildman–Crippen MR) is 109 cm³/mol. The van der Waals surface area contributed by atoms with Crippen molar-refractivity contribution in [2.75, 3.05) is 11.9 Å². The van der Waals surface area contributed by atoms with Crippen LogP contribution in [0.2, 0.25) is 0 Å². The van der Waals surface area contributed by atoms with Crippen LogP contribution >= 0.6 is 11.3 Å². The molecule has 0 bridgehead atoms. The van der Waals surface area contributed by atoms with Gasteiger partial charge in [0.15, 0.2) is 0 Å². The van der Waals surface area contributed by atoms with Crippen molar-refractivity contribution in [1.29, 1.82) is 0 Å². The molecule has 3 N–H and O–H groups in total. The number of aromatic nitrogens is 4. The molecule has 0 amide bonds. The van der Waals surface area contributed by atoms with Crippen molar-refractivity contribution in [3.05, 3.63) is 59.9 Å². The second kappa shape index (κ2) is 8.07. The van der Waals surface area contributed by atoms with E-state index in [1.807, 2.05) is 17.5 Å². The van der Waals surface area contributed by atoms with Crippen molar-refractivity contribution >= 4 is 27.2 Å². The quantitative estimate of drug-likeness (QED) is 0.458. The van der Waals surface area contributed by atoms with Gasteiger partial charge in [0.25, 0.3) is 5.89 Å². The first-order valence-electron chi connectivity index (χ1n) is 8.54. The first-order chi connectivity index (χ1) is 14.0. The molecule has 3 aromatic heterocycles. The Kier molecular flexibility index (Phi) is 5.34. The maximum atomic E-state index is 11.3. The molecule has 4 aromatic rings. The lowest BCUT2D eigenvalue weighted by Crippen LogP contribution is -2.12. The number of primary sulfonamides is 1. The summed E-state index contributed by atoms with van der Waals surface area (Å²) in [7, 11) is -3.69. The van der Waals surface area contributed by atoms with Crippen LogP contribution in [-0.4, -0.2) is 35.1 Å². The minimum atomic E-state index is -3.69. The maximum absolute atomic E-state index is 11.3. The molecule has 0 unspecified atom stereocenters. The van der Waals surface area contributed by atoms with Gasteiger partial charge in [-0.25, -0.2) is 23.5 Å². The molecule has 9 nitrogen and oxygen atoms in total. The number of sulfonamides is 1. The number of benzene rings is 1. The zero-order valence-corrected chi connectivity index (χ0v) is 16.7. The number of thiophene rings is 1. The molecule has 0 aliphatic heterocycles. The fourth-order valence-electron chi connectivity index (χ4n) is 2.64. The van der Waals surface area contributed by atoms with E-state index in [4.69, 9.17) is 9.66 Å². The molecule has 148 valence electrons. The van der Waals surface area contributed by atoms with Gasteiger partial charge in [-0.15, -0.1) is 11.3 Å². The van der Waals surface area contributed by atoms with Gasteiger partial charge < -0.3 is 9.84 Å². The molecule has 29 heavy (non-hydrogen) atoms. The van der Waals surface area contributed by atoms with Crippen LogP contribution < -0.4 is 10.5 Å². The summed E-state index contributed by atoms with van der Waals surface area (Å²) in [5, 5.41) is 14.3. The van der Waals surface area contributed by atoms with E-state index in [1.54, 1.807) is 18.3 Å². The van der Waals surface area contributed by atoms with Crippen molar-refractivity contribution in [2.45, 2.75) is 11.3 Å². The molecule has 3 heterocycles. The Morgan fingerprint density at radius 2 is 2.00 bits per heavy atom. The van der Waals surface area contributed by atoms with Crippen molar-refractivity contribution in [3.8, 4) is 22.2 Å². The topological polar surface area (TPSA) is 137 Å². The molecular formula is C18H16N6O3S2. The Balaban J connectivity index is 1.45. The largest absolute Gasteiger partial charge is 0.369 e. The Bertz CT molecular complexity index is 1200. The minimum absolute atomic E-state index is 0.0882. The van der Waals surface area contributed by atoms with Gasteiger partial charge in [0.2, 0.25) is 15.8 Å². The molecule has 0 fully saturated rings.